The van der Waals surface area contributed by atoms with Gasteiger partial charge in [-0.15, -0.1) is 0 Å². The number of hydrogen-bond acceptors (Lipinski definition) is 4. The zero-order valence-electron chi connectivity index (χ0n) is 20.4. The fraction of sp³-hybridized carbons (Fsp3) is 0.593. The number of rotatable bonds is 0. The Morgan fingerprint density at radius 2 is 1.88 bits per heavy atom. The molecule has 178 valence electrons. The third kappa shape index (κ3) is 1.91. The molecule has 0 unspecified atom stereocenters. The molecule has 3 spiro atoms. The summed E-state index contributed by atoms with van der Waals surface area (Å²) in [7, 11) is 1.89. The van der Waals surface area contributed by atoms with E-state index in [0.717, 1.165) is 22.6 Å². The molecule has 6 heterocycles. The van der Waals surface area contributed by atoms with Gasteiger partial charge in [0.25, 0.3) is 0 Å². The van der Waals surface area contributed by atoms with Crippen LogP contribution in [0, 0.1) is 11.3 Å². The van der Waals surface area contributed by atoms with Crippen molar-refractivity contribution in [1.29, 1.82) is 0 Å². The van der Waals surface area contributed by atoms with Crippen molar-refractivity contribution >= 4 is 29.5 Å². The number of hydrogen-bond donors (Lipinski definition) is 1. The van der Waals surface area contributed by atoms with E-state index in [1.807, 2.05) is 42.8 Å². The van der Waals surface area contributed by atoms with Gasteiger partial charge in [-0.2, -0.15) is 0 Å². The van der Waals surface area contributed by atoms with Crippen molar-refractivity contribution in [3.05, 3.63) is 29.3 Å². The third-order valence-corrected chi connectivity index (χ3v) is 10.4. The summed E-state index contributed by atoms with van der Waals surface area (Å²) in [6.07, 6.45) is 6.26. The molecule has 1 aliphatic carbocycles. The lowest BCUT2D eigenvalue weighted by Gasteiger charge is -2.63. The number of benzene rings is 1. The summed E-state index contributed by atoms with van der Waals surface area (Å²) in [5, 5.41) is 3.24. The van der Waals surface area contributed by atoms with E-state index in [1.165, 1.54) is 0 Å². The smallest absolute Gasteiger partial charge is 0.248 e. The number of piperazine rings is 1. The number of likely N-dealkylation sites (N-methyl/N-ethyl adjacent to an activating group) is 1. The quantitative estimate of drug-likeness (QED) is 0.644. The molecule has 1 N–H and O–H groups in total. The summed E-state index contributed by atoms with van der Waals surface area (Å²) in [5.74, 6) is 1.01. The normalized spacial score (nSPS) is 39.7. The molecule has 3 amide bonds. The van der Waals surface area contributed by atoms with Crippen LogP contribution in [0.5, 0.6) is 5.75 Å². The van der Waals surface area contributed by atoms with E-state index in [2.05, 4.69) is 31.3 Å². The molecule has 34 heavy (non-hydrogen) atoms. The number of piperidine rings is 2. The molecular formula is C27H31N3O4. The molecule has 6 aliphatic heterocycles. The van der Waals surface area contributed by atoms with Crippen LogP contribution in [0.4, 0.5) is 5.69 Å². The number of carbonyl (C=O) groups is 3. The van der Waals surface area contributed by atoms with Crippen LogP contribution in [-0.2, 0) is 19.8 Å². The van der Waals surface area contributed by atoms with E-state index in [-0.39, 0.29) is 23.6 Å². The number of amides is 3. The van der Waals surface area contributed by atoms with Gasteiger partial charge < -0.3 is 19.9 Å². The average Bonchev–Trinajstić information content (AvgIpc) is 3.33. The molecule has 7 heteroatoms. The molecule has 8 rings (SSSR count). The van der Waals surface area contributed by atoms with Gasteiger partial charge in [0.1, 0.15) is 16.9 Å². The molecular weight excluding hydrogens is 430 g/mol. The molecule has 4 atom stereocenters. The number of fused-ring (bicyclic) bond motifs is 5. The lowest BCUT2D eigenvalue weighted by molar-refractivity contribution is -0.188. The summed E-state index contributed by atoms with van der Waals surface area (Å²) in [6.45, 7) is 8.95. The first kappa shape index (κ1) is 20.5. The van der Waals surface area contributed by atoms with Crippen molar-refractivity contribution in [2.45, 2.75) is 75.5 Å². The summed E-state index contributed by atoms with van der Waals surface area (Å²) >= 11 is 0. The van der Waals surface area contributed by atoms with Crippen LogP contribution >= 0.6 is 0 Å². The highest BCUT2D eigenvalue weighted by atomic mass is 16.5. The van der Waals surface area contributed by atoms with E-state index in [4.69, 9.17) is 4.74 Å². The van der Waals surface area contributed by atoms with Crippen molar-refractivity contribution in [1.82, 2.24) is 9.80 Å². The van der Waals surface area contributed by atoms with Gasteiger partial charge >= 0.3 is 0 Å². The summed E-state index contributed by atoms with van der Waals surface area (Å²) in [6, 6.07) is 4.04. The van der Waals surface area contributed by atoms with Gasteiger partial charge in [0.05, 0.1) is 16.6 Å². The highest BCUT2D eigenvalue weighted by Gasteiger charge is 2.80. The summed E-state index contributed by atoms with van der Waals surface area (Å²) in [4.78, 5) is 44.3. The molecule has 5 fully saturated rings. The van der Waals surface area contributed by atoms with Crippen LogP contribution in [0.25, 0.3) is 6.08 Å². The van der Waals surface area contributed by atoms with Crippen LogP contribution in [0.2, 0.25) is 0 Å². The maximum Gasteiger partial charge on any atom is 0.248 e. The first-order chi connectivity index (χ1) is 15.9. The van der Waals surface area contributed by atoms with E-state index in [9.17, 15) is 14.4 Å². The van der Waals surface area contributed by atoms with Crippen molar-refractivity contribution < 1.29 is 19.1 Å². The van der Waals surface area contributed by atoms with Crippen LogP contribution in [-0.4, -0.2) is 57.8 Å². The minimum atomic E-state index is -0.786. The van der Waals surface area contributed by atoms with Gasteiger partial charge in [-0.1, -0.05) is 19.9 Å². The van der Waals surface area contributed by atoms with Gasteiger partial charge in [0.15, 0.2) is 0 Å². The minimum Gasteiger partial charge on any atom is -0.483 e. The predicted octanol–water partition coefficient (Wildman–Crippen LogP) is 3.08. The van der Waals surface area contributed by atoms with Crippen LogP contribution < -0.4 is 10.1 Å². The molecule has 4 saturated heterocycles. The highest BCUT2D eigenvalue weighted by molar-refractivity contribution is 6.10. The first-order valence-corrected chi connectivity index (χ1v) is 12.4. The van der Waals surface area contributed by atoms with Crippen molar-refractivity contribution in [3.8, 4) is 5.75 Å². The van der Waals surface area contributed by atoms with Crippen LogP contribution in [0.15, 0.2) is 18.2 Å². The minimum absolute atomic E-state index is 0.00352. The number of anilines is 1. The zero-order valence-corrected chi connectivity index (χ0v) is 20.4. The largest absolute Gasteiger partial charge is 0.483 e. The Hall–Kier alpha value is -2.83. The monoisotopic (exact) mass is 461 g/mol. The zero-order chi connectivity index (χ0) is 24.1. The maximum atomic E-state index is 14.0. The topological polar surface area (TPSA) is 79.0 Å². The van der Waals surface area contributed by atoms with E-state index < -0.39 is 27.5 Å². The molecule has 1 saturated carbocycles. The Morgan fingerprint density at radius 3 is 2.65 bits per heavy atom. The Bertz CT molecular complexity index is 1260. The van der Waals surface area contributed by atoms with Crippen molar-refractivity contribution in [3.63, 3.8) is 0 Å². The van der Waals surface area contributed by atoms with Gasteiger partial charge in [-0.3, -0.25) is 14.4 Å². The Labute approximate surface area is 199 Å². The lowest BCUT2D eigenvalue weighted by Crippen LogP contribution is -2.79. The second kappa shape index (κ2) is 5.52. The van der Waals surface area contributed by atoms with E-state index in [1.54, 1.807) is 0 Å². The Morgan fingerprint density at radius 1 is 1.12 bits per heavy atom. The molecule has 2 bridgehead atoms. The molecule has 0 radical (unpaired) electrons. The Balaban J connectivity index is 1.43. The number of carbonyl (C=O) groups excluding carboxylic acids is 3. The van der Waals surface area contributed by atoms with E-state index in [0.29, 0.717) is 32.2 Å². The average molecular weight is 462 g/mol. The summed E-state index contributed by atoms with van der Waals surface area (Å²) in [5.41, 5.74) is -0.152. The van der Waals surface area contributed by atoms with Gasteiger partial charge in [0, 0.05) is 25.6 Å². The Kier molecular flexibility index (Phi) is 3.34. The van der Waals surface area contributed by atoms with Gasteiger partial charge in [0.2, 0.25) is 17.7 Å². The van der Waals surface area contributed by atoms with Gasteiger partial charge in [-0.25, -0.2) is 0 Å². The van der Waals surface area contributed by atoms with E-state index >= 15 is 0 Å². The standard InChI is InChI=1S/C27H31N3O4/c1-23(2)10-8-15-17(34-23)7-6-16-20(15)28-21(32)27(16)13-26-14-30-19(31)9-11-25(30,22(33)29(26)5)12-18(26)24(27,3)4/h6-8,10,18H,9,11-14H2,1-5H3,(H,28,32)/t18-,25-,26+,27+/m0/s1. The predicted molar refractivity (Wildman–Crippen MR) is 126 cm³/mol. The van der Waals surface area contributed by atoms with Crippen molar-refractivity contribution in [2.75, 3.05) is 18.9 Å². The first-order valence-electron chi connectivity index (χ1n) is 12.4. The summed E-state index contributed by atoms with van der Waals surface area (Å²) < 4.78 is 6.18. The molecule has 1 aromatic carbocycles. The second-order valence-electron chi connectivity index (χ2n) is 12.4. The highest BCUT2D eigenvalue weighted by Crippen LogP contribution is 2.72. The number of nitrogens with one attached hydrogen (secondary N) is 1. The lowest BCUT2D eigenvalue weighted by atomic mass is 9.57. The van der Waals surface area contributed by atoms with Gasteiger partial charge in [-0.05, 0) is 68.2 Å². The molecule has 7 nitrogen and oxygen atoms in total. The fourth-order valence-corrected chi connectivity index (χ4v) is 8.66. The molecule has 1 aromatic rings. The second-order valence-corrected chi connectivity index (χ2v) is 12.4. The number of ether oxygens (including phenoxy) is 1. The van der Waals surface area contributed by atoms with Crippen LogP contribution in [0.3, 0.4) is 0 Å². The maximum absolute atomic E-state index is 14.0. The SMILES string of the molecule is CN1C(=O)[C@@]23CCC(=O)N2C[C@@]12C[C@@]1(C(=O)Nc4c1ccc1c4C=CC(C)(C)O1)C(C)(C)[C@@H]2C3. The van der Waals surface area contributed by atoms with Crippen LogP contribution in [0.1, 0.15) is 64.5 Å². The van der Waals surface area contributed by atoms with Crippen molar-refractivity contribution in [2.24, 2.45) is 11.3 Å². The third-order valence-electron chi connectivity index (χ3n) is 10.4. The molecule has 7 aliphatic rings. The fourth-order valence-electron chi connectivity index (χ4n) is 8.66. The number of nitrogens with zero attached hydrogens (tertiary/aromatic N) is 2. The molecule has 0 aromatic heterocycles.